The van der Waals surface area contributed by atoms with Crippen molar-refractivity contribution in [2.24, 2.45) is 0 Å². The molecule has 0 N–H and O–H groups in total. The van der Waals surface area contributed by atoms with Crippen LogP contribution >= 0.6 is 0 Å². The standard InChI is InChI=1S/C7H7BO/c8-7-3-1-6(5-9)2-4-7/h1,3,5H,2,4H2. The van der Waals surface area contributed by atoms with Crippen molar-refractivity contribution in [3.63, 3.8) is 0 Å². The first-order chi connectivity index (χ1) is 4.33. The van der Waals surface area contributed by atoms with Crippen LogP contribution in [-0.2, 0) is 4.79 Å². The lowest BCUT2D eigenvalue weighted by molar-refractivity contribution is -0.105. The Morgan fingerprint density at radius 3 is 2.67 bits per heavy atom. The minimum Gasteiger partial charge on any atom is -0.298 e. The van der Waals surface area contributed by atoms with Crippen LogP contribution in [0.4, 0.5) is 0 Å². The van der Waals surface area contributed by atoms with Gasteiger partial charge in [0.2, 0.25) is 0 Å². The fourth-order valence-corrected chi connectivity index (χ4v) is 0.768. The first-order valence-corrected chi connectivity index (χ1v) is 2.93. The second-order valence-electron chi connectivity index (χ2n) is 2.10. The first-order valence-electron chi connectivity index (χ1n) is 2.93. The minimum absolute atomic E-state index is 0.797. The van der Waals surface area contributed by atoms with Crippen LogP contribution in [0.15, 0.2) is 23.2 Å². The summed E-state index contributed by atoms with van der Waals surface area (Å²) in [6.45, 7) is 0. The fraction of sp³-hybridized carbons (Fsp3) is 0.286. The molecule has 0 aliphatic heterocycles. The average Bonchev–Trinajstić information content (AvgIpc) is 1.90. The molecule has 1 aliphatic rings. The summed E-state index contributed by atoms with van der Waals surface area (Å²) >= 11 is 0. The van der Waals surface area contributed by atoms with Gasteiger partial charge >= 0.3 is 0 Å². The molecule has 2 radical (unpaired) electrons. The van der Waals surface area contributed by atoms with Gasteiger partial charge in [0.15, 0.2) is 0 Å². The molecule has 0 heterocycles. The third kappa shape index (κ3) is 1.56. The van der Waals surface area contributed by atoms with Gasteiger partial charge in [-0.15, -0.1) is 5.47 Å². The molecule has 0 aromatic rings. The Bertz CT molecular complexity index is 179. The summed E-state index contributed by atoms with van der Waals surface area (Å²) < 4.78 is 0. The molecule has 1 aliphatic carbocycles. The highest BCUT2D eigenvalue weighted by molar-refractivity contribution is 6.21. The van der Waals surface area contributed by atoms with Crippen LogP contribution in [0.2, 0.25) is 0 Å². The van der Waals surface area contributed by atoms with E-state index in [2.05, 4.69) is 0 Å². The van der Waals surface area contributed by atoms with E-state index in [0.29, 0.717) is 0 Å². The van der Waals surface area contributed by atoms with Crippen molar-refractivity contribution in [3.05, 3.63) is 23.2 Å². The largest absolute Gasteiger partial charge is 0.298 e. The molecule has 0 aromatic carbocycles. The van der Waals surface area contributed by atoms with Gasteiger partial charge < -0.3 is 0 Å². The van der Waals surface area contributed by atoms with Crippen LogP contribution in [0.3, 0.4) is 0 Å². The Hall–Kier alpha value is -0.785. The van der Waals surface area contributed by atoms with Crippen LogP contribution in [-0.4, -0.2) is 14.1 Å². The zero-order valence-corrected chi connectivity index (χ0v) is 5.13. The maximum Gasteiger partial charge on any atom is 0.146 e. The zero-order valence-electron chi connectivity index (χ0n) is 5.13. The molecule has 0 saturated heterocycles. The quantitative estimate of drug-likeness (QED) is 0.370. The molecule has 2 heteroatoms. The van der Waals surface area contributed by atoms with Crippen molar-refractivity contribution in [2.75, 3.05) is 0 Å². The van der Waals surface area contributed by atoms with Crippen molar-refractivity contribution in [1.29, 1.82) is 0 Å². The molecule has 1 rings (SSSR count). The van der Waals surface area contributed by atoms with Crippen molar-refractivity contribution < 1.29 is 4.79 Å². The summed E-state index contributed by atoms with van der Waals surface area (Å²) in [7, 11) is 5.45. The number of carbonyl (C=O) groups excluding carboxylic acids is 1. The van der Waals surface area contributed by atoms with Gasteiger partial charge in [-0.2, -0.15) is 0 Å². The third-order valence-electron chi connectivity index (χ3n) is 1.37. The van der Waals surface area contributed by atoms with E-state index in [0.717, 1.165) is 30.2 Å². The van der Waals surface area contributed by atoms with Gasteiger partial charge in [-0.25, -0.2) is 0 Å². The number of hydrogen-bond acceptors (Lipinski definition) is 1. The molecule has 0 fully saturated rings. The molecule has 0 bridgehead atoms. The summed E-state index contributed by atoms with van der Waals surface area (Å²) in [4.78, 5) is 10.1. The van der Waals surface area contributed by atoms with Crippen molar-refractivity contribution in [3.8, 4) is 0 Å². The van der Waals surface area contributed by atoms with E-state index in [1.807, 2.05) is 0 Å². The minimum atomic E-state index is 0.797. The predicted octanol–water partition coefficient (Wildman–Crippen LogP) is 0.958. The lowest BCUT2D eigenvalue weighted by atomic mass is 9.86. The number of rotatable bonds is 1. The molecular weight excluding hydrogens is 111 g/mol. The molecule has 0 atom stereocenters. The van der Waals surface area contributed by atoms with Gasteiger partial charge in [-0.05, 0) is 18.4 Å². The van der Waals surface area contributed by atoms with E-state index in [9.17, 15) is 4.79 Å². The predicted molar refractivity (Wildman–Crippen MR) is 37.2 cm³/mol. The van der Waals surface area contributed by atoms with Gasteiger partial charge in [-0.1, -0.05) is 12.2 Å². The highest BCUT2D eigenvalue weighted by Gasteiger charge is 1.99. The topological polar surface area (TPSA) is 17.1 Å². The highest BCUT2D eigenvalue weighted by Crippen LogP contribution is 2.13. The van der Waals surface area contributed by atoms with Crippen molar-refractivity contribution >= 4 is 14.1 Å². The molecule has 0 aromatic heterocycles. The van der Waals surface area contributed by atoms with Crippen LogP contribution in [0.25, 0.3) is 0 Å². The van der Waals surface area contributed by atoms with Crippen molar-refractivity contribution in [2.45, 2.75) is 12.8 Å². The molecule has 0 unspecified atom stereocenters. The Labute approximate surface area is 55.9 Å². The van der Waals surface area contributed by atoms with E-state index >= 15 is 0 Å². The Morgan fingerprint density at radius 1 is 1.44 bits per heavy atom. The molecule has 0 saturated carbocycles. The third-order valence-corrected chi connectivity index (χ3v) is 1.37. The van der Waals surface area contributed by atoms with Gasteiger partial charge in [0, 0.05) is 0 Å². The maximum absolute atomic E-state index is 10.1. The van der Waals surface area contributed by atoms with E-state index in [4.69, 9.17) is 7.85 Å². The highest BCUT2D eigenvalue weighted by atomic mass is 16.1. The lowest BCUT2D eigenvalue weighted by Gasteiger charge is -2.05. The summed E-state index contributed by atoms with van der Waals surface area (Å²) in [6, 6.07) is 0. The number of carbonyl (C=O) groups is 1. The number of hydrogen-bond donors (Lipinski definition) is 0. The zero-order chi connectivity index (χ0) is 6.69. The summed E-state index contributed by atoms with van der Waals surface area (Å²) in [5.41, 5.74) is 1.70. The average molecular weight is 118 g/mol. The van der Waals surface area contributed by atoms with Crippen LogP contribution in [0.1, 0.15) is 12.8 Å². The van der Waals surface area contributed by atoms with Gasteiger partial charge in [0.1, 0.15) is 14.1 Å². The molecule has 9 heavy (non-hydrogen) atoms. The second-order valence-corrected chi connectivity index (χ2v) is 2.10. The smallest absolute Gasteiger partial charge is 0.146 e. The molecular formula is C7H7BO. The molecule has 0 amide bonds. The van der Waals surface area contributed by atoms with Crippen LogP contribution < -0.4 is 0 Å². The Morgan fingerprint density at radius 2 is 2.22 bits per heavy atom. The monoisotopic (exact) mass is 118 g/mol. The molecule has 1 nitrogen and oxygen atoms in total. The summed E-state index contributed by atoms with van der Waals surface area (Å²) in [5.74, 6) is 0. The van der Waals surface area contributed by atoms with E-state index in [1.54, 1.807) is 12.2 Å². The van der Waals surface area contributed by atoms with E-state index in [-0.39, 0.29) is 0 Å². The molecule has 0 spiro atoms. The Balaban J connectivity index is 2.69. The maximum atomic E-state index is 10.1. The normalized spacial score (nSPS) is 18.2. The number of aldehydes is 1. The molecule has 44 valence electrons. The van der Waals surface area contributed by atoms with Crippen LogP contribution in [0.5, 0.6) is 0 Å². The van der Waals surface area contributed by atoms with Crippen molar-refractivity contribution in [1.82, 2.24) is 0 Å². The SMILES string of the molecule is [B]C1=CC=C(C=O)CC1. The summed E-state index contributed by atoms with van der Waals surface area (Å²) in [6.07, 6.45) is 6.05. The fourth-order valence-electron chi connectivity index (χ4n) is 0.768. The van der Waals surface area contributed by atoms with Crippen LogP contribution in [0, 0.1) is 0 Å². The van der Waals surface area contributed by atoms with Gasteiger partial charge in [-0.3, -0.25) is 4.79 Å². The summed E-state index contributed by atoms with van der Waals surface area (Å²) in [5, 5.41) is 0. The van der Waals surface area contributed by atoms with E-state index in [1.165, 1.54) is 0 Å². The second kappa shape index (κ2) is 2.67. The van der Waals surface area contributed by atoms with E-state index < -0.39 is 0 Å². The van der Waals surface area contributed by atoms with Gasteiger partial charge in [0.25, 0.3) is 0 Å². The number of allylic oxidation sites excluding steroid dienone is 4. The Kier molecular flexibility index (Phi) is 1.88. The van der Waals surface area contributed by atoms with Gasteiger partial charge in [0.05, 0.1) is 0 Å². The lowest BCUT2D eigenvalue weighted by Crippen LogP contribution is -1.93. The first kappa shape index (κ1) is 6.34.